The fourth-order valence-corrected chi connectivity index (χ4v) is 2.60. The van der Waals surface area contributed by atoms with E-state index in [1.165, 1.54) is 0 Å². The molecule has 1 aromatic carbocycles. The molecule has 2 aromatic rings. The molecule has 0 saturated carbocycles. The van der Waals surface area contributed by atoms with Crippen LogP contribution in [0.25, 0.3) is 5.69 Å². The molecule has 6 nitrogen and oxygen atoms in total. The molecule has 2 heterocycles. The van der Waals surface area contributed by atoms with Crippen LogP contribution in [0.15, 0.2) is 41.8 Å². The van der Waals surface area contributed by atoms with Crippen LogP contribution < -0.4 is 5.32 Å². The van der Waals surface area contributed by atoms with E-state index in [0.29, 0.717) is 13.0 Å². The first-order chi connectivity index (χ1) is 11.2. The number of nitrogens with zero attached hydrogens (tertiary/aromatic N) is 3. The number of para-hydroxylation sites is 1. The summed E-state index contributed by atoms with van der Waals surface area (Å²) in [5.74, 6) is 0.776. The average Bonchev–Trinajstić information content (AvgIpc) is 3.21. The summed E-state index contributed by atoms with van der Waals surface area (Å²) in [7, 11) is 0. The number of carbonyl (C=O) groups excluding carboxylic acids is 1. The van der Waals surface area contributed by atoms with Crippen LogP contribution in [0.4, 0.5) is 0 Å². The second-order valence-electron chi connectivity index (χ2n) is 5.50. The van der Waals surface area contributed by atoms with Gasteiger partial charge in [0.25, 0.3) is 5.91 Å². The molecule has 120 valence electrons. The number of hydrogen-bond acceptors (Lipinski definition) is 4. The summed E-state index contributed by atoms with van der Waals surface area (Å²) < 4.78 is 2.01. The van der Waals surface area contributed by atoms with Crippen molar-refractivity contribution in [3.8, 4) is 5.69 Å². The lowest BCUT2D eigenvalue weighted by Crippen LogP contribution is -2.34. The summed E-state index contributed by atoms with van der Waals surface area (Å²) in [4.78, 5) is 21.7. The minimum atomic E-state index is -0.507. The van der Waals surface area contributed by atoms with E-state index in [-0.39, 0.29) is 5.91 Å². The molecule has 0 unspecified atom stereocenters. The lowest BCUT2D eigenvalue weighted by molar-refractivity contribution is -0.131. The standard InChI is InChI=1S/C17H20N4O2/c1-3-14-10-16(23-20-14)17(22)19-11-13-6-4-5-7-15(13)21-9-8-18-12(21)2/h4-9,16H,3,10-11H2,1-2H3,(H,19,22)/t16-/m1/s1. The molecule has 6 heteroatoms. The van der Waals surface area contributed by atoms with Crippen LogP contribution in [0.3, 0.4) is 0 Å². The largest absolute Gasteiger partial charge is 0.382 e. The van der Waals surface area contributed by atoms with E-state index in [1.807, 2.05) is 48.9 Å². The molecule has 0 aliphatic carbocycles. The lowest BCUT2D eigenvalue weighted by atomic mass is 10.1. The van der Waals surface area contributed by atoms with Gasteiger partial charge in [0.2, 0.25) is 6.10 Å². The number of aryl methyl sites for hydroxylation is 1. The number of amides is 1. The van der Waals surface area contributed by atoms with Gasteiger partial charge in [-0.05, 0) is 25.0 Å². The molecule has 0 radical (unpaired) electrons. The number of imidazole rings is 1. The highest BCUT2D eigenvalue weighted by Gasteiger charge is 2.27. The van der Waals surface area contributed by atoms with Gasteiger partial charge in [-0.2, -0.15) is 0 Å². The number of carbonyl (C=O) groups is 1. The van der Waals surface area contributed by atoms with Gasteiger partial charge in [-0.25, -0.2) is 4.98 Å². The Balaban J connectivity index is 1.68. The van der Waals surface area contributed by atoms with E-state index in [9.17, 15) is 4.79 Å². The van der Waals surface area contributed by atoms with Gasteiger partial charge in [0.1, 0.15) is 5.82 Å². The summed E-state index contributed by atoms with van der Waals surface area (Å²) >= 11 is 0. The minimum absolute atomic E-state index is 0.130. The van der Waals surface area contributed by atoms with E-state index in [0.717, 1.165) is 29.2 Å². The third-order valence-corrected chi connectivity index (χ3v) is 3.96. The molecular weight excluding hydrogens is 292 g/mol. The number of hydrogen-bond donors (Lipinski definition) is 1. The van der Waals surface area contributed by atoms with E-state index in [1.54, 1.807) is 6.20 Å². The Hall–Kier alpha value is -2.63. The minimum Gasteiger partial charge on any atom is -0.382 e. The van der Waals surface area contributed by atoms with Crippen LogP contribution in [-0.2, 0) is 16.2 Å². The van der Waals surface area contributed by atoms with Crippen LogP contribution in [0, 0.1) is 6.92 Å². The van der Waals surface area contributed by atoms with Crippen molar-refractivity contribution >= 4 is 11.6 Å². The van der Waals surface area contributed by atoms with E-state index in [4.69, 9.17) is 4.84 Å². The number of nitrogens with one attached hydrogen (secondary N) is 1. The normalized spacial score (nSPS) is 16.8. The van der Waals surface area contributed by atoms with Gasteiger partial charge < -0.3 is 14.7 Å². The molecule has 1 aliphatic rings. The zero-order chi connectivity index (χ0) is 16.2. The van der Waals surface area contributed by atoms with Gasteiger partial charge in [-0.1, -0.05) is 30.3 Å². The zero-order valence-corrected chi connectivity index (χ0v) is 13.3. The molecule has 1 amide bonds. The predicted octanol–water partition coefficient (Wildman–Crippen LogP) is 2.35. The van der Waals surface area contributed by atoms with E-state index < -0.39 is 6.10 Å². The van der Waals surface area contributed by atoms with Gasteiger partial charge in [0, 0.05) is 25.4 Å². The van der Waals surface area contributed by atoms with Crippen molar-refractivity contribution in [2.45, 2.75) is 39.3 Å². The van der Waals surface area contributed by atoms with Crippen LogP contribution in [-0.4, -0.2) is 27.3 Å². The Morgan fingerprint density at radius 2 is 2.26 bits per heavy atom. The predicted molar refractivity (Wildman–Crippen MR) is 87.4 cm³/mol. The highest BCUT2D eigenvalue weighted by atomic mass is 16.6. The maximum atomic E-state index is 12.2. The van der Waals surface area contributed by atoms with Gasteiger partial charge in [0.15, 0.2) is 0 Å². The maximum Gasteiger partial charge on any atom is 0.264 e. The van der Waals surface area contributed by atoms with Gasteiger partial charge in [0.05, 0.1) is 11.4 Å². The van der Waals surface area contributed by atoms with Crippen molar-refractivity contribution in [1.82, 2.24) is 14.9 Å². The van der Waals surface area contributed by atoms with E-state index in [2.05, 4.69) is 15.5 Å². The third kappa shape index (κ3) is 3.26. The number of rotatable bonds is 5. The first-order valence-corrected chi connectivity index (χ1v) is 7.76. The molecule has 0 spiro atoms. The summed E-state index contributed by atoms with van der Waals surface area (Å²) in [5, 5.41) is 6.86. The van der Waals surface area contributed by atoms with Crippen molar-refractivity contribution < 1.29 is 9.63 Å². The SMILES string of the molecule is CCC1=NO[C@@H](C(=O)NCc2ccccc2-n2ccnc2C)C1. The molecule has 1 aromatic heterocycles. The molecule has 1 aliphatic heterocycles. The highest BCUT2D eigenvalue weighted by molar-refractivity contribution is 5.92. The molecule has 3 rings (SSSR count). The smallest absolute Gasteiger partial charge is 0.264 e. The lowest BCUT2D eigenvalue weighted by Gasteiger charge is -2.14. The summed E-state index contributed by atoms with van der Waals surface area (Å²) in [5.41, 5.74) is 2.97. The van der Waals surface area contributed by atoms with Crippen LogP contribution >= 0.6 is 0 Å². The molecular formula is C17H20N4O2. The number of oxime groups is 1. The zero-order valence-electron chi connectivity index (χ0n) is 13.3. The van der Waals surface area contributed by atoms with Gasteiger partial charge in [-0.3, -0.25) is 4.79 Å². The number of aromatic nitrogens is 2. The van der Waals surface area contributed by atoms with Crippen molar-refractivity contribution in [2.75, 3.05) is 0 Å². The molecule has 1 N–H and O–H groups in total. The fraction of sp³-hybridized carbons (Fsp3) is 0.353. The quantitative estimate of drug-likeness (QED) is 0.921. The third-order valence-electron chi connectivity index (χ3n) is 3.96. The van der Waals surface area contributed by atoms with Crippen LogP contribution in [0.1, 0.15) is 31.2 Å². The summed E-state index contributed by atoms with van der Waals surface area (Å²) in [6.45, 7) is 4.39. The van der Waals surface area contributed by atoms with Crippen molar-refractivity contribution in [3.63, 3.8) is 0 Å². The highest BCUT2D eigenvalue weighted by Crippen LogP contribution is 2.17. The Kier molecular flexibility index (Phi) is 4.41. The maximum absolute atomic E-state index is 12.2. The second-order valence-corrected chi connectivity index (χ2v) is 5.50. The van der Waals surface area contributed by atoms with Crippen LogP contribution in [0.5, 0.6) is 0 Å². The van der Waals surface area contributed by atoms with E-state index >= 15 is 0 Å². The summed E-state index contributed by atoms with van der Waals surface area (Å²) in [6.07, 6.45) is 4.56. The van der Waals surface area contributed by atoms with Crippen molar-refractivity contribution in [1.29, 1.82) is 0 Å². The number of benzene rings is 1. The molecule has 23 heavy (non-hydrogen) atoms. The molecule has 1 atom stereocenters. The van der Waals surface area contributed by atoms with Crippen molar-refractivity contribution in [3.05, 3.63) is 48.0 Å². The Morgan fingerprint density at radius 3 is 2.96 bits per heavy atom. The Morgan fingerprint density at radius 1 is 1.43 bits per heavy atom. The molecule has 0 saturated heterocycles. The van der Waals surface area contributed by atoms with Crippen LogP contribution in [0.2, 0.25) is 0 Å². The summed E-state index contributed by atoms with van der Waals surface area (Å²) in [6, 6.07) is 7.95. The Bertz CT molecular complexity index is 736. The first-order valence-electron chi connectivity index (χ1n) is 7.76. The van der Waals surface area contributed by atoms with Gasteiger partial charge >= 0.3 is 0 Å². The Labute approximate surface area is 135 Å². The monoisotopic (exact) mass is 312 g/mol. The van der Waals surface area contributed by atoms with Gasteiger partial charge in [-0.15, -0.1) is 0 Å². The van der Waals surface area contributed by atoms with Crippen molar-refractivity contribution in [2.24, 2.45) is 5.16 Å². The topological polar surface area (TPSA) is 68.5 Å². The molecule has 0 fully saturated rings. The average molecular weight is 312 g/mol. The first kappa shape index (κ1) is 15.3. The molecule has 0 bridgehead atoms. The second kappa shape index (κ2) is 6.64. The fourth-order valence-electron chi connectivity index (χ4n) is 2.60.